The number of esters is 1. The fourth-order valence-corrected chi connectivity index (χ4v) is 5.06. The lowest BCUT2D eigenvalue weighted by Crippen LogP contribution is -2.33. The van der Waals surface area contributed by atoms with Crippen LogP contribution in [0.5, 0.6) is 0 Å². The van der Waals surface area contributed by atoms with Gasteiger partial charge < -0.3 is 14.5 Å². The second-order valence-electron chi connectivity index (χ2n) is 8.58. The molecular formula is C26H25N3O4S. The largest absolute Gasteiger partial charge is 0.452 e. The number of aryl methyl sites for hydroxylation is 1. The van der Waals surface area contributed by atoms with E-state index in [-0.39, 0.29) is 18.4 Å². The number of anilines is 1. The van der Waals surface area contributed by atoms with Crippen molar-refractivity contribution in [1.29, 1.82) is 0 Å². The zero-order valence-corrected chi connectivity index (χ0v) is 19.8. The summed E-state index contributed by atoms with van der Waals surface area (Å²) < 4.78 is 5.30. The van der Waals surface area contributed by atoms with E-state index in [4.69, 9.17) is 4.74 Å². The third-order valence-electron chi connectivity index (χ3n) is 6.25. The van der Waals surface area contributed by atoms with E-state index < -0.39 is 5.97 Å². The van der Waals surface area contributed by atoms with Gasteiger partial charge in [0.2, 0.25) is 5.91 Å². The molecule has 2 aromatic carbocycles. The molecule has 0 spiro atoms. The number of amides is 2. The van der Waals surface area contributed by atoms with Crippen molar-refractivity contribution in [2.75, 3.05) is 24.6 Å². The summed E-state index contributed by atoms with van der Waals surface area (Å²) in [6.07, 6.45) is 2.25. The molecule has 0 bridgehead atoms. The molecule has 1 fully saturated rings. The minimum absolute atomic E-state index is 0.167. The van der Waals surface area contributed by atoms with Gasteiger partial charge in [-0.15, -0.1) is 11.3 Å². The molecule has 0 saturated carbocycles. The Balaban J connectivity index is 1.17. The second-order valence-corrected chi connectivity index (χ2v) is 9.64. The van der Waals surface area contributed by atoms with Crippen LogP contribution in [-0.4, -0.2) is 47.4 Å². The lowest BCUT2D eigenvalue weighted by atomic mass is 10.1. The molecule has 0 atom stereocenters. The lowest BCUT2D eigenvalue weighted by Gasteiger charge is -2.17. The van der Waals surface area contributed by atoms with Crippen molar-refractivity contribution in [2.24, 2.45) is 0 Å². The van der Waals surface area contributed by atoms with Crippen LogP contribution in [0.3, 0.4) is 0 Å². The minimum Gasteiger partial charge on any atom is -0.452 e. The van der Waals surface area contributed by atoms with E-state index in [1.165, 1.54) is 0 Å². The van der Waals surface area contributed by atoms with Crippen molar-refractivity contribution in [3.05, 3.63) is 69.5 Å². The van der Waals surface area contributed by atoms with E-state index >= 15 is 0 Å². The quantitative estimate of drug-likeness (QED) is 0.504. The molecule has 8 heteroatoms. The highest BCUT2D eigenvalue weighted by atomic mass is 32.1. The standard InChI is InChI=1S/C26H25N3O4S/c1-17-27-22(16-34-17)20-8-9-23-21(13-20)10-12-29(23)25(31)15-33-26(32)19-6-4-18(5-7-19)14-28-11-2-3-24(28)30/h4-9,13,16H,2-3,10-12,14-15H2,1H3. The van der Waals surface area contributed by atoms with E-state index in [0.717, 1.165) is 52.5 Å². The van der Waals surface area contributed by atoms with Gasteiger partial charge in [-0.1, -0.05) is 18.2 Å². The summed E-state index contributed by atoms with van der Waals surface area (Å²) in [5.41, 5.74) is 5.29. The number of hydrogen-bond acceptors (Lipinski definition) is 6. The summed E-state index contributed by atoms with van der Waals surface area (Å²) >= 11 is 1.61. The van der Waals surface area contributed by atoms with E-state index in [9.17, 15) is 14.4 Å². The molecule has 0 radical (unpaired) electrons. The van der Waals surface area contributed by atoms with Crippen LogP contribution in [-0.2, 0) is 27.3 Å². The van der Waals surface area contributed by atoms with Gasteiger partial charge in [-0.05, 0) is 55.2 Å². The van der Waals surface area contributed by atoms with Gasteiger partial charge in [0.1, 0.15) is 0 Å². The average molecular weight is 476 g/mol. The highest BCUT2D eigenvalue weighted by Crippen LogP contribution is 2.32. The molecule has 1 saturated heterocycles. The fourth-order valence-electron chi connectivity index (χ4n) is 4.44. The predicted octanol–water partition coefficient (Wildman–Crippen LogP) is 3.99. The first-order chi connectivity index (χ1) is 16.5. The molecule has 2 aliphatic heterocycles. The van der Waals surface area contributed by atoms with Crippen molar-refractivity contribution in [3.63, 3.8) is 0 Å². The van der Waals surface area contributed by atoms with E-state index in [1.807, 2.05) is 41.5 Å². The number of hydrogen-bond donors (Lipinski definition) is 0. The molecule has 0 unspecified atom stereocenters. The van der Waals surface area contributed by atoms with E-state index in [2.05, 4.69) is 11.1 Å². The molecule has 7 nitrogen and oxygen atoms in total. The Bertz CT molecular complexity index is 1250. The van der Waals surface area contributed by atoms with Gasteiger partial charge in [-0.25, -0.2) is 9.78 Å². The van der Waals surface area contributed by atoms with Crippen LogP contribution in [0.15, 0.2) is 47.8 Å². The summed E-state index contributed by atoms with van der Waals surface area (Å²) in [5.74, 6) is -0.612. The molecule has 5 rings (SSSR count). The van der Waals surface area contributed by atoms with Crippen LogP contribution >= 0.6 is 11.3 Å². The van der Waals surface area contributed by atoms with Crippen molar-refractivity contribution in [3.8, 4) is 11.3 Å². The third kappa shape index (κ3) is 4.59. The number of ether oxygens (including phenoxy) is 1. The van der Waals surface area contributed by atoms with Gasteiger partial charge in [0.05, 0.1) is 16.3 Å². The van der Waals surface area contributed by atoms with Gasteiger partial charge in [0, 0.05) is 42.7 Å². The molecule has 2 aliphatic rings. The smallest absolute Gasteiger partial charge is 0.338 e. The average Bonchev–Trinajstić information content (AvgIpc) is 3.57. The Hall–Kier alpha value is -3.52. The summed E-state index contributed by atoms with van der Waals surface area (Å²) in [6.45, 7) is 3.56. The first-order valence-electron chi connectivity index (χ1n) is 11.4. The van der Waals surface area contributed by atoms with Crippen LogP contribution in [0.1, 0.15) is 39.3 Å². The van der Waals surface area contributed by atoms with Gasteiger partial charge in [0.25, 0.3) is 5.91 Å². The fraction of sp³-hybridized carbons (Fsp3) is 0.308. The molecule has 174 valence electrons. The summed E-state index contributed by atoms with van der Waals surface area (Å²) in [4.78, 5) is 45.1. The first kappa shape index (κ1) is 22.3. The van der Waals surface area contributed by atoms with Gasteiger partial charge in [-0.3, -0.25) is 9.59 Å². The van der Waals surface area contributed by atoms with Crippen LogP contribution < -0.4 is 4.90 Å². The zero-order valence-electron chi connectivity index (χ0n) is 19.0. The molecule has 0 aliphatic carbocycles. The minimum atomic E-state index is -0.536. The maximum absolute atomic E-state index is 12.8. The van der Waals surface area contributed by atoms with Crippen molar-refractivity contribution in [1.82, 2.24) is 9.88 Å². The van der Waals surface area contributed by atoms with Gasteiger partial charge in [-0.2, -0.15) is 0 Å². The van der Waals surface area contributed by atoms with Crippen LogP contribution in [0.2, 0.25) is 0 Å². The van der Waals surface area contributed by atoms with Crippen molar-refractivity contribution in [2.45, 2.75) is 32.7 Å². The number of fused-ring (bicyclic) bond motifs is 1. The van der Waals surface area contributed by atoms with Crippen LogP contribution in [0.25, 0.3) is 11.3 Å². The molecular weight excluding hydrogens is 450 g/mol. The predicted molar refractivity (Wildman–Crippen MR) is 130 cm³/mol. The summed E-state index contributed by atoms with van der Waals surface area (Å²) in [5, 5.41) is 3.05. The number of likely N-dealkylation sites (tertiary alicyclic amines) is 1. The maximum atomic E-state index is 12.8. The Morgan fingerprint density at radius 1 is 1.09 bits per heavy atom. The second kappa shape index (κ2) is 9.38. The SMILES string of the molecule is Cc1nc(-c2ccc3c(c2)CCN3C(=O)COC(=O)c2ccc(CN3CCCC3=O)cc2)cs1. The lowest BCUT2D eigenvalue weighted by molar-refractivity contribution is -0.128. The number of benzene rings is 2. The number of rotatable bonds is 6. The summed E-state index contributed by atoms with van der Waals surface area (Å²) in [7, 11) is 0. The van der Waals surface area contributed by atoms with Crippen LogP contribution in [0, 0.1) is 6.92 Å². The van der Waals surface area contributed by atoms with E-state index in [1.54, 1.807) is 28.4 Å². The monoisotopic (exact) mass is 475 g/mol. The van der Waals surface area contributed by atoms with Gasteiger partial charge in [0.15, 0.2) is 6.61 Å². The summed E-state index contributed by atoms with van der Waals surface area (Å²) in [6, 6.07) is 13.0. The highest BCUT2D eigenvalue weighted by Gasteiger charge is 2.26. The number of aromatic nitrogens is 1. The molecule has 1 aromatic heterocycles. The molecule has 2 amide bonds. The number of carbonyl (C=O) groups excluding carboxylic acids is 3. The first-order valence-corrected chi connectivity index (χ1v) is 12.3. The number of carbonyl (C=O) groups is 3. The molecule has 3 heterocycles. The molecule has 34 heavy (non-hydrogen) atoms. The molecule has 0 N–H and O–H groups in total. The molecule has 3 aromatic rings. The van der Waals surface area contributed by atoms with Crippen molar-refractivity contribution < 1.29 is 19.1 Å². The topological polar surface area (TPSA) is 79.8 Å². The Kier molecular flexibility index (Phi) is 6.15. The number of nitrogens with zero attached hydrogens (tertiary/aromatic N) is 3. The van der Waals surface area contributed by atoms with Crippen molar-refractivity contribution >= 4 is 34.8 Å². The number of thiazole rings is 1. The maximum Gasteiger partial charge on any atom is 0.338 e. The normalized spacial score (nSPS) is 15.0. The Morgan fingerprint density at radius 3 is 2.62 bits per heavy atom. The Morgan fingerprint density at radius 2 is 1.91 bits per heavy atom. The zero-order chi connectivity index (χ0) is 23.7. The Labute approximate surface area is 202 Å². The third-order valence-corrected chi connectivity index (χ3v) is 7.03. The van der Waals surface area contributed by atoms with Crippen LogP contribution in [0.4, 0.5) is 5.69 Å². The van der Waals surface area contributed by atoms with Gasteiger partial charge >= 0.3 is 5.97 Å². The highest BCUT2D eigenvalue weighted by molar-refractivity contribution is 7.09. The van der Waals surface area contributed by atoms with E-state index in [0.29, 0.717) is 25.1 Å².